The average molecular weight is 1420 g/mol. The van der Waals surface area contributed by atoms with Crippen LogP contribution in [0.3, 0.4) is 0 Å². The smallest absolute Gasteiger partial charge is 0.306 e. The summed E-state index contributed by atoms with van der Waals surface area (Å²) in [7, 11) is 5.96. The summed E-state index contributed by atoms with van der Waals surface area (Å²) in [5.41, 5.74) is 0. The Morgan fingerprint density at radius 1 is 0.307 bits per heavy atom. The highest BCUT2D eigenvalue weighted by molar-refractivity contribution is 5.70. The van der Waals surface area contributed by atoms with Gasteiger partial charge in [0.1, 0.15) is 13.2 Å². The summed E-state index contributed by atoms with van der Waals surface area (Å²) >= 11 is 0. The SMILES string of the molecule is CC/C=C\C/C=C\C/C=C\C/C=C\CCCCCCCCCCCCCCCCCCCCCCCCCCC(=O)OC(COC(=O)CCCCCCCCCCCCCCCCCCCCCCCCCCCCC/C=C\CCCCCCCCCC)COC(OCC[N+](C)(C)C)C(=O)[O-]. The zero-order chi connectivity index (χ0) is 73.2. The first-order chi connectivity index (χ1) is 49.6. The van der Waals surface area contributed by atoms with Gasteiger partial charge in [-0.3, -0.25) is 9.59 Å². The van der Waals surface area contributed by atoms with Gasteiger partial charge < -0.3 is 33.3 Å². The molecule has 0 aromatic rings. The molecule has 0 spiro atoms. The van der Waals surface area contributed by atoms with Gasteiger partial charge in [0.15, 0.2) is 12.4 Å². The number of unbranched alkanes of at least 4 members (excludes halogenated alkanes) is 59. The van der Waals surface area contributed by atoms with Crippen molar-refractivity contribution in [3.8, 4) is 0 Å². The predicted molar refractivity (Wildman–Crippen MR) is 435 cm³/mol. The van der Waals surface area contributed by atoms with Crippen molar-refractivity contribution in [1.29, 1.82) is 0 Å². The average Bonchev–Trinajstić information content (AvgIpc) is 1.25. The molecule has 0 aromatic heterocycles. The number of quaternary nitrogens is 1. The largest absolute Gasteiger partial charge is 0.545 e. The molecule has 0 aliphatic carbocycles. The lowest BCUT2D eigenvalue weighted by atomic mass is 10.0. The summed E-state index contributed by atoms with van der Waals surface area (Å²) in [5.74, 6) is -2.25. The molecule has 0 saturated heterocycles. The summed E-state index contributed by atoms with van der Waals surface area (Å²) in [5, 5.41) is 11.9. The van der Waals surface area contributed by atoms with Crippen molar-refractivity contribution in [2.24, 2.45) is 0 Å². The lowest BCUT2D eigenvalue weighted by Gasteiger charge is -2.26. The number of likely N-dealkylation sites (N-methyl/N-ethyl adjacent to an activating group) is 1. The van der Waals surface area contributed by atoms with Gasteiger partial charge in [0.05, 0.1) is 40.3 Å². The molecule has 0 aromatic carbocycles. The van der Waals surface area contributed by atoms with E-state index in [1.54, 1.807) is 0 Å². The molecule has 0 aliphatic heterocycles. The van der Waals surface area contributed by atoms with Gasteiger partial charge >= 0.3 is 11.9 Å². The van der Waals surface area contributed by atoms with Gasteiger partial charge in [0.25, 0.3) is 0 Å². The molecule has 0 fully saturated rings. The van der Waals surface area contributed by atoms with Gasteiger partial charge in [0.2, 0.25) is 0 Å². The van der Waals surface area contributed by atoms with Gasteiger partial charge in [-0.2, -0.15) is 0 Å². The van der Waals surface area contributed by atoms with Crippen molar-refractivity contribution in [3.63, 3.8) is 0 Å². The van der Waals surface area contributed by atoms with Crippen LogP contribution in [0.5, 0.6) is 0 Å². The Morgan fingerprint density at radius 3 is 0.851 bits per heavy atom. The van der Waals surface area contributed by atoms with Gasteiger partial charge in [-0.15, -0.1) is 0 Å². The van der Waals surface area contributed by atoms with Crippen molar-refractivity contribution in [3.05, 3.63) is 60.8 Å². The third kappa shape index (κ3) is 84.1. The molecule has 592 valence electrons. The van der Waals surface area contributed by atoms with Crippen LogP contribution in [0.4, 0.5) is 0 Å². The molecule has 0 heterocycles. The fraction of sp³-hybridized carbons (Fsp3) is 0.859. The molecule has 0 amide bonds. The third-order valence-corrected chi connectivity index (χ3v) is 20.2. The first kappa shape index (κ1) is 98.0. The highest BCUT2D eigenvalue weighted by atomic mass is 16.7. The molecule has 2 unspecified atom stereocenters. The van der Waals surface area contributed by atoms with E-state index >= 15 is 0 Å². The Bertz CT molecular complexity index is 1850. The quantitative estimate of drug-likeness (QED) is 0.0195. The minimum atomic E-state index is -1.62. The Hall–Kier alpha value is -3.01. The van der Waals surface area contributed by atoms with E-state index in [2.05, 4.69) is 74.6 Å². The highest BCUT2D eigenvalue weighted by Crippen LogP contribution is 2.21. The first-order valence-corrected chi connectivity index (χ1v) is 44.4. The van der Waals surface area contributed by atoms with E-state index < -0.39 is 24.3 Å². The summed E-state index contributed by atoms with van der Waals surface area (Å²) in [6.07, 6.45) is 108. The van der Waals surface area contributed by atoms with E-state index in [1.807, 2.05) is 21.1 Å². The maximum atomic E-state index is 13.0. The zero-order valence-corrected chi connectivity index (χ0v) is 68.1. The van der Waals surface area contributed by atoms with Crippen molar-refractivity contribution in [1.82, 2.24) is 0 Å². The van der Waals surface area contributed by atoms with Crippen LogP contribution >= 0.6 is 0 Å². The number of rotatable bonds is 84. The second-order valence-electron chi connectivity index (χ2n) is 31.5. The van der Waals surface area contributed by atoms with Crippen molar-refractivity contribution in [2.45, 2.75) is 463 Å². The number of aliphatic carboxylic acids is 1. The lowest BCUT2D eigenvalue weighted by Crippen LogP contribution is -2.44. The lowest BCUT2D eigenvalue weighted by molar-refractivity contribution is -0.870. The van der Waals surface area contributed by atoms with Crippen LogP contribution < -0.4 is 5.11 Å². The van der Waals surface area contributed by atoms with Gasteiger partial charge in [-0.25, -0.2) is 0 Å². The standard InChI is InChI=1S/C92H171NO8/c1-6-8-10-12-14-16-18-20-22-24-26-28-30-32-34-36-38-40-42-44-45-47-48-50-52-54-56-58-60-62-64-66-68-70-72-74-76-78-80-82-89(94)99-86-88(87-100-92(91(96)97)98-85-84-93(3,4)5)101-90(95)83-81-79-77-75-73-71-69-67-65-63-61-59-57-55-53-51-49-46-43-41-39-37-35-33-31-29-27-25-23-21-19-17-15-13-11-9-7-2/h9,11,15,17,21,23-24,26-27,29,88,92H,6-8,10,12-14,16,18-20,22,25,28,30-87H2,1-5H3/b11-9-,17-15-,23-21-,26-24-,29-27-. The number of allylic oxidation sites excluding steroid dienone is 10. The molecule has 9 nitrogen and oxygen atoms in total. The van der Waals surface area contributed by atoms with Crippen LogP contribution in [-0.2, 0) is 33.3 Å². The van der Waals surface area contributed by atoms with Crippen LogP contribution in [0.2, 0.25) is 0 Å². The molecule has 0 aliphatic rings. The van der Waals surface area contributed by atoms with Crippen molar-refractivity contribution in [2.75, 3.05) is 47.5 Å². The fourth-order valence-electron chi connectivity index (χ4n) is 13.5. The molecular formula is C92H171NO8. The molecular weight excluding hydrogens is 1250 g/mol. The normalized spacial score (nSPS) is 12.8. The number of hydrogen-bond acceptors (Lipinski definition) is 8. The number of hydrogen-bond donors (Lipinski definition) is 0. The van der Waals surface area contributed by atoms with Crippen LogP contribution in [-0.4, -0.2) is 82.3 Å². The number of carbonyl (C=O) groups is 3. The second kappa shape index (κ2) is 82.6. The summed E-state index contributed by atoms with van der Waals surface area (Å²) in [6.45, 7) is 4.72. The first-order valence-electron chi connectivity index (χ1n) is 44.4. The van der Waals surface area contributed by atoms with E-state index in [1.165, 1.54) is 360 Å². The molecule has 2 atom stereocenters. The monoisotopic (exact) mass is 1420 g/mol. The van der Waals surface area contributed by atoms with Crippen LogP contribution in [0.1, 0.15) is 450 Å². The maximum absolute atomic E-state index is 13.0. The van der Waals surface area contributed by atoms with Gasteiger partial charge in [-0.05, 0) is 77.0 Å². The minimum absolute atomic E-state index is 0.151. The van der Waals surface area contributed by atoms with E-state index in [0.29, 0.717) is 17.4 Å². The van der Waals surface area contributed by atoms with Gasteiger partial charge in [-0.1, -0.05) is 421 Å². The number of esters is 2. The van der Waals surface area contributed by atoms with Crippen LogP contribution in [0.25, 0.3) is 0 Å². The van der Waals surface area contributed by atoms with E-state index in [4.69, 9.17) is 18.9 Å². The highest BCUT2D eigenvalue weighted by Gasteiger charge is 2.22. The van der Waals surface area contributed by atoms with E-state index in [-0.39, 0.29) is 32.2 Å². The Labute approximate surface area is 628 Å². The van der Waals surface area contributed by atoms with E-state index in [0.717, 1.165) is 64.2 Å². The molecule has 0 rings (SSSR count). The van der Waals surface area contributed by atoms with Crippen LogP contribution in [0, 0.1) is 0 Å². The molecule has 9 heteroatoms. The zero-order valence-electron chi connectivity index (χ0n) is 68.1. The molecule has 0 N–H and O–H groups in total. The topological polar surface area (TPSA) is 111 Å². The van der Waals surface area contributed by atoms with Crippen LogP contribution in [0.15, 0.2) is 60.8 Å². The summed E-state index contributed by atoms with van der Waals surface area (Å²) in [4.78, 5) is 37.7. The minimum Gasteiger partial charge on any atom is -0.545 e. The van der Waals surface area contributed by atoms with Crippen molar-refractivity contribution < 1.29 is 42.9 Å². The van der Waals surface area contributed by atoms with Gasteiger partial charge in [0, 0.05) is 12.8 Å². The summed E-state index contributed by atoms with van der Waals surface area (Å²) in [6, 6.07) is 0. The Morgan fingerprint density at radius 2 is 0.564 bits per heavy atom. The Kier molecular flexibility index (Phi) is 80.2. The molecule has 0 bridgehead atoms. The third-order valence-electron chi connectivity index (χ3n) is 20.2. The van der Waals surface area contributed by atoms with E-state index in [9.17, 15) is 19.5 Å². The molecule has 0 saturated carbocycles. The predicted octanol–water partition coefficient (Wildman–Crippen LogP) is 27.6. The summed E-state index contributed by atoms with van der Waals surface area (Å²) < 4.78 is 22.9. The number of ether oxygens (including phenoxy) is 4. The number of carboxylic acid groups (broad SMARTS) is 1. The number of carboxylic acids is 1. The van der Waals surface area contributed by atoms with Crippen molar-refractivity contribution >= 4 is 17.9 Å². The second-order valence-corrected chi connectivity index (χ2v) is 31.5. The Balaban J connectivity index is 3.90. The fourth-order valence-corrected chi connectivity index (χ4v) is 13.5. The maximum Gasteiger partial charge on any atom is 0.306 e. The number of nitrogens with zero attached hydrogens (tertiary/aromatic N) is 1. The number of carbonyl (C=O) groups excluding carboxylic acids is 3. The molecule has 0 radical (unpaired) electrons. The molecule has 101 heavy (non-hydrogen) atoms.